The summed E-state index contributed by atoms with van der Waals surface area (Å²) in [5.74, 6) is -0.170. The topological polar surface area (TPSA) is 74.3 Å². The number of amides is 2. The van der Waals surface area contributed by atoms with Crippen molar-refractivity contribution in [2.45, 2.75) is 44.2 Å². The number of carbonyl (C=O) groups is 2. The van der Waals surface area contributed by atoms with Crippen LogP contribution >= 0.6 is 11.3 Å². The van der Waals surface area contributed by atoms with Crippen LogP contribution in [-0.2, 0) is 4.79 Å². The van der Waals surface area contributed by atoms with E-state index in [1.807, 2.05) is 30.3 Å². The third kappa shape index (κ3) is 3.88. The van der Waals surface area contributed by atoms with E-state index in [4.69, 9.17) is 0 Å². The molecule has 2 heterocycles. The molecule has 1 aliphatic heterocycles. The van der Waals surface area contributed by atoms with Crippen LogP contribution in [0.25, 0.3) is 0 Å². The fraction of sp³-hybridized carbons (Fsp3) is 0.421. The van der Waals surface area contributed by atoms with Gasteiger partial charge < -0.3 is 15.5 Å². The van der Waals surface area contributed by atoms with Gasteiger partial charge >= 0.3 is 0 Å². The molecule has 1 aromatic carbocycles. The Balaban J connectivity index is 1.46. The van der Waals surface area contributed by atoms with Crippen LogP contribution in [0.3, 0.4) is 0 Å². The van der Waals surface area contributed by atoms with Gasteiger partial charge in [0.2, 0.25) is 5.91 Å². The highest BCUT2D eigenvalue weighted by Gasteiger charge is 2.35. The Morgan fingerprint density at radius 1 is 1.12 bits per heavy atom. The van der Waals surface area contributed by atoms with E-state index in [-0.39, 0.29) is 17.9 Å². The van der Waals surface area contributed by atoms with Crippen LogP contribution in [-0.4, -0.2) is 40.3 Å². The molecule has 7 heteroatoms. The van der Waals surface area contributed by atoms with Gasteiger partial charge in [0.15, 0.2) is 5.13 Å². The first-order valence-corrected chi connectivity index (χ1v) is 9.97. The van der Waals surface area contributed by atoms with Crippen molar-refractivity contribution in [2.75, 3.05) is 11.9 Å². The summed E-state index contributed by atoms with van der Waals surface area (Å²) in [6, 6.07) is 9.67. The van der Waals surface area contributed by atoms with E-state index in [1.165, 1.54) is 11.3 Å². The van der Waals surface area contributed by atoms with E-state index in [2.05, 4.69) is 15.6 Å². The molecule has 0 radical (unpaired) electrons. The average molecular weight is 370 g/mol. The molecule has 1 saturated carbocycles. The maximum atomic E-state index is 12.9. The number of carbonyl (C=O) groups excluding carboxylic acids is 2. The van der Waals surface area contributed by atoms with Gasteiger partial charge in [0.05, 0.1) is 0 Å². The Morgan fingerprint density at radius 3 is 2.69 bits per heavy atom. The predicted octanol–water partition coefficient (Wildman–Crippen LogP) is 3.16. The van der Waals surface area contributed by atoms with Gasteiger partial charge in [0.1, 0.15) is 11.7 Å². The van der Waals surface area contributed by atoms with Crippen molar-refractivity contribution in [1.82, 2.24) is 15.2 Å². The molecule has 0 spiro atoms. The molecule has 2 N–H and O–H groups in total. The normalized spacial score (nSPS) is 19.8. The molecule has 2 aromatic rings. The van der Waals surface area contributed by atoms with Gasteiger partial charge in [-0.15, -0.1) is 11.3 Å². The fourth-order valence-electron chi connectivity index (χ4n) is 3.19. The van der Waals surface area contributed by atoms with Crippen molar-refractivity contribution >= 4 is 34.0 Å². The molecule has 1 unspecified atom stereocenters. The number of hydrogen-bond acceptors (Lipinski definition) is 5. The van der Waals surface area contributed by atoms with E-state index in [9.17, 15) is 9.59 Å². The number of nitrogens with one attached hydrogen (secondary N) is 2. The lowest BCUT2D eigenvalue weighted by Crippen LogP contribution is -2.52. The number of hydrogen-bond donors (Lipinski definition) is 2. The molecule has 0 bridgehead atoms. The Bertz CT molecular complexity index is 788. The third-order valence-corrected chi connectivity index (χ3v) is 5.50. The lowest BCUT2D eigenvalue weighted by atomic mass is 10.0. The number of anilines is 2. The van der Waals surface area contributed by atoms with Gasteiger partial charge in [0.25, 0.3) is 5.91 Å². The monoisotopic (exact) mass is 370 g/mol. The summed E-state index contributed by atoms with van der Waals surface area (Å²) in [5, 5.41) is 8.68. The van der Waals surface area contributed by atoms with Gasteiger partial charge in [0, 0.05) is 23.7 Å². The summed E-state index contributed by atoms with van der Waals surface area (Å²) in [6.45, 7) is 0.612. The number of piperidine rings is 1. The molecule has 2 fully saturated rings. The van der Waals surface area contributed by atoms with E-state index >= 15 is 0 Å². The van der Waals surface area contributed by atoms with E-state index in [0.717, 1.165) is 37.8 Å². The Hall–Kier alpha value is -2.41. The van der Waals surface area contributed by atoms with Crippen molar-refractivity contribution in [3.63, 3.8) is 0 Å². The quantitative estimate of drug-likeness (QED) is 0.848. The second-order valence-corrected chi connectivity index (χ2v) is 7.68. The molecule has 26 heavy (non-hydrogen) atoms. The summed E-state index contributed by atoms with van der Waals surface area (Å²) >= 11 is 1.40. The first-order valence-electron chi connectivity index (χ1n) is 9.09. The van der Waals surface area contributed by atoms with E-state index in [0.29, 0.717) is 23.4 Å². The number of para-hydroxylation sites is 1. The fourth-order valence-corrected chi connectivity index (χ4v) is 3.90. The second-order valence-electron chi connectivity index (χ2n) is 6.82. The minimum absolute atomic E-state index is 0.0154. The standard InChI is InChI=1S/C19H22N4O2S/c24-17(20-14-9-10-14)16-8-4-5-11-23(16)18(25)15-12-26-19(22-15)21-13-6-2-1-3-7-13/h1-3,6-7,12,14,16H,4-5,8-11H2,(H,20,24)(H,21,22). The Labute approximate surface area is 156 Å². The largest absolute Gasteiger partial charge is 0.352 e. The Kier molecular flexibility index (Phi) is 4.88. The van der Waals surface area contributed by atoms with Crippen molar-refractivity contribution in [3.8, 4) is 0 Å². The van der Waals surface area contributed by atoms with Gasteiger partial charge in [-0.1, -0.05) is 18.2 Å². The number of benzene rings is 1. The summed E-state index contributed by atoms with van der Waals surface area (Å²) in [7, 11) is 0. The molecule has 1 aliphatic carbocycles. The van der Waals surface area contributed by atoms with Gasteiger partial charge in [-0.2, -0.15) is 0 Å². The van der Waals surface area contributed by atoms with Gasteiger partial charge in [-0.3, -0.25) is 9.59 Å². The van der Waals surface area contributed by atoms with Crippen LogP contribution in [0.15, 0.2) is 35.7 Å². The second kappa shape index (κ2) is 7.45. The molecule has 4 rings (SSSR count). The molecule has 136 valence electrons. The van der Waals surface area contributed by atoms with E-state index in [1.54, 1.807) is 10.3 Å². The molecule has 2 amide bonds. The molecular formula is C19H22N4O2S. The zero-order chi connectivity index (χ0) is 17.9. The lowest BCUT2D eigenvalue weighted by molar-refractivity contribution is -0.126. The molecule has 1 saturated heterocycles. The van der Waals surface area contributed by atoms with Crippen LogP contribution in [0.1, 0.15) is 42.6 Å². The third-order valence-electron chi connectivity index (χ3n) is 4.74. The minimum Gasteiger partial charge on any atom is -0.352 e. The molecule has 2 aliphatic rings. The number of nitrogens with zero attached hydrogens (tertiary/aromatic N) is 2. The summed E-state index contributed by atoms with van der Waals surface area (Å²) < 4.78 is 0. The number of aromatic nitrogens is 1. The van der Waals surface area contributed by atoms with Gasteiger partial charge in [-0.25, -0.2) is 4.98 Å². The predicted molar refractivity (Wildman–Crippen MR) is 102 cm³/mol. The Morgan fingerprint density at radius 2 is 1.92 bits per heavy atom. The average Bonchev–Trinajstić information content (AvgIpc) is 3.37. The van der Waals surface area contributed by atoms with Crippen LogP contribution in [0.2, 0.25) is 0 Å². The van der Waals surface area contributed by atoms with Crippen molar-refractivity contribution in [1.29, 1.82) is 0 Å². The minimum atomic E-state index is -0.371. The molecule has 6 nitrogen and oxygen atoms in total. The summed E-state index contributed by atoms with van der Waals surface area (Å²) in [4.78, 5) is 31.6. The highest BCUT2D eigenvalue weighted by molar-refractivity contribution is 7.14. The van der Waals surface area contributed by atoms with Crippen molar-refractivity contribution in [3.05, 3.63) is 41.4 Å². The van der Waals surface area contributed by atoms with Crippen LogP contribution < -0.4 is 10.6 Å². The maximum absolute atomic E-state index is 12.9. The first-order chi connectivity index (χ1) is 12.7. The number of likely N-dealkylation sites (tertiary alicyclic amines) is 1. The summed E-state index contributed by atoms with van der Waals surface area (Å²) in [5.41, 5.74) is 1.33. The van der Waals surface area contributed by atoms with Crippen LogP contribution in [0.5, 0.6) is 0 Å². The highest BCUT2D eigenvalue weighted by Crippen LogP contribution is 2.25. The SMILES string of the molecule is O=C(NC1CC1)C1CCCCN1C(=O)c1csc(Nc2ccccc2)n1. The number of rotatable bonds is 5. The molecular weight excluding hydrogens is 348 g/mol. The zero-order valence-corrected chi connectivity index (χ0v) is 15.3. The van der Waals surface area contributed by atoms with Crippen molar-refractivity contribution < 1.29 is 9.59 Å². The highest BCUT2D eigenvalue weighted by atomic mass is 32.1. The molecule has 1 atom stereocenters. The van der Waals surface area contributed by atoms with E-state index < -0.39 is 0 Å². The van der Waals surface area contributed by atoms with Crippen molar-refractivity contribution in [2.24, 2.45) is 0 Å². The number of thiazole rings is 1. The first kappa shape index (κ1) is 17.0. The van der Waals surface area contributed by atoms with Gasteiger partial charge in [-0.05, 0) is 44.2 Å². The summed E-state index contributed by atoms with van der Waals surface area (Å²) in [6.07, 6.45) is 4.73. The lowest BCUT2D eigenvalue weighted by Gasteiger charge is -2.34. The van der Waals surface area contributed by atoms with Crippen LogP contribution in [0, 0.1) is 0 Å². The maximum Gasteiger partial charge on any atom is 0.274 e. The molecule has 1 aromatic heterocycles. The smallest absolute Gasteiger partial charge is 0.274 e. The van der Waals surface area contributed by atoms with Crippen LogP contribution in [0.4, 0.5) is 10.8 Å². The zero-order valence-electron chi connectivity index (χ0n) is 14.5.